The molecule has 4 N–H and O–H groups in total. The zero-order valence-corrected chi connectivity index (χ0v) is 3.02. The highest BCUT2D eigenvalue weighted by atomic mass is 14.7. The van der Waals surface area contributed by atoms with Crippen LogP contribution in [0.5, 0.6) is 0 Å². The van der Waals surface area contributed by atoms with Crippen LogP contribution in [-0.4, -0.2) is 20.3 Å². The zero-order valence-electron chi connectivity index (χ0n) is 3.02. The second kappa shape index (κ2) is 2.24. The molecule has 5 heavy (non-hydrogen) atoms. The molecule has 28 valence electrons. The van der Waals surface area contributed by atoms with Gasteiger partial charge in [-0.15, -0.1) is 0 Å². The lowest BCUT2D eigenvalue weighted by atomic mass is 9.99. The van der Waals surface area contributed by atoms with Gasteiger partial charge in [-0.05, 0) is 12.5 Å². The smallest absolute Gasteiger partial charge is 0.0920 e. The molecule has 3 heteroatoms. The second-order valence-electron chi connectivity index (χ2n) is 0.900. The van der Waals surface area contributed by atoms with Crippen molar-refractivity contribution in [1.29, 1.82) is 0 Å². The molecule has 0 fully saturated rings. The fourth-order valence-corrected chi connectivity index (χ4v) is 0. The maximum Gasteiger partial charge on any atom is 0.0920 e. The molecule has 0 aromatic carbocycles. The van der Waals surface area contributed by atoms with Crippen LogP contribution in [0, 0.1) is 0 Å². The largest absolute Gasteiger partial charge is 0.335 e. The van der Waals surface area contributed by atoms with E-state index in [-0.39, 0.29) is 5.94 Å². The van der Waals surface area contributed by atoms with Gasteiger partial charge in [0.05, 0.1) is 7.85 Å². The average Bonchev–Trinajstić information content (AvgIpc) is 1.38. The molecule has 0 saturated heterocycles. The van der Waals surface area contributed by atoms with Crippen LogP contribution in [0.15, 0.2) is 0 Å². The maximum absolute atomic E-state index is 4.94. The third kappa shape index (κ3) is 3.98. The maximum atomic E-state index is 4.94. The van der Waals surface area contributed by atoms with Crippen LogP contribution in [0.3, 0.4) is 0 Å². The quantitative estimate of drug-likeness (QED) is 0.365. The minimum atomic E-state index is -0.338. The summed E-state index contributed by atoms with van der Waals surface area (Å²) in [6.45, 7) is 0.361. The first-order valence-electron chi connectivity index (χ1n) is 1.48. The normalized spacial score (nSPS) is 14.8. The molecule has 1 unspecified atom stereocenters. The van der Waals surface area contributed by atoms with Crippen LogP contribution in [0.25, 0.3) is 0 Å². The standard InChI is InChI=1S/C2H7BN2/c3-2(5)1-4/h2H,1,4-5H2. The van der Waals surface area contributed by atoms with Gasteiger partial charge < -0.3 is 11.5 Å². The SMILES string of the molecule is [B]C(N)CN. The van der Waals surface area contributed by atoms with Crippen molar-refractivity contribution in [2.24, 2.45) is 11.5 Å². The molecule has 0 aliphatic heterocycles. The fraction of sp³-hybridized carbons (Fsp3) is 1.00. The molecule has 0 saturated carbocycles. The Morgan fingerprint density at radius 3 is 2.00 bits per heavy atom. The highest BCUT2D eigenvalue weighted by Gasteiger charge is 1.79. The van der Waals surface area contributed by atoms with Gasteiger partial charge in [-0.1, -0.05) is 0 Å². The monoisotopic (exact) mass is 70.1 g/mol. The van der Waals surface area contributed by atoms with Gasteiger partial charge in [0.15, 0.2) is 0 Å². The van der Waals surface area contributed by atoms with E-state index in [1.165, 1.54) is 0 Å². The van der Waals surface area contributed by atoms with Gasteiger partial charge in [0.25, 0.3) is 0 Å². The van der Waals surface area contributed by atoms with Crippen LogP contribution in [0.2, 0.25) is 0 Å². The van der Waals surface area contributed by atoms with E-state index in [4.69, 9.17) is 19.3 Å². The molecule has 0 amide bonds. The zero-order chi connectivity index (χ0) is 4.28. The summed E-state index contributed by atoms with van der Waals surface area (Å²) in [4.78, 5) is 0. The second-order valence-corrected chi connectivity index (χ2v) is 0.900. The number of hydrogen-bond donors (Lipinski definition) is 2. The number of nitrogens with two attached hydrogens (primary N) is 2. The van der Waals surface area contributed by atoms with Crippen molar-refractivity contribution >= 4 is 7.85 Å². The van der Waals surface area contributed by atoms with E-state index in [0.717, 1.165) is 0 Å². The van der Waals surface area contributed by atoms with E-state index < -0.39 is 0 Å². The van der Waals surface area contributed by atoms with Crippen LogP contribution in [0.4, 0.5) is 0 Å². The van der Waals surface area contributed by atoms with Crippen molar-refractivity contribution in [2.75, 3.05) is 6.54 Å². The molecule has 0 heterocycles. The van der Waals surface area contributed by atoms with Crippen LogP contribution in [0.1, 0.15) is 0 Å². The average molecular weight is 69.9 g/mol. The van der Waals surface area contributed by atoms with Gasteiger partial charge in [0, 0.05) is 0 Å². The highest BCUT2D eigenvalue weighted by Crippen LogP contribution is 1.50. The van der Waals surface area contributed by atoms with Gasteiger partial charge in [-0.25, -0.2) is 0 Å². The Morgan fingerprint density at radius 2 is 2.00 bits per heavy atom. The van der Waals surface area contributed by atoms with Crippen LogP contribution < -0.4 is 11.5 Å². The first-order valence-corrected chi connectivity index (χ1v) is 1.48. The summed E-state index contributed by atoms with van der Waals surface area (Å²) in [6.07, 6.45) is 0. The lowest BCUT2D eigenvalue weighted by molar-refractivity contribution is 0.900. The molecule has 0 rings (SSSR count). The van der Waals surface area contributed by atoms with E-state index in [9.17, 15) is 0 Å². The van der Waals surface area contributed by atoms with E-state index in [1.807, 2.05) is 0 Å². The topological polar surface area (TPSA) is 52.0 Å². The summed E-state index contributed by atoms with van der Waals surface area (Å²) in [5.41, 5.74) is 9.87. The van der Waals surface area contributed by atoms with Crippen molar-refractivity contribution in [3.63, 3.8) is 0 Å². The molecule has 0 bridgehead atoms. The Balaban J connectivity index is 2.54. The summed E-state index contributed by atoms with van der Waals surface area (Å²) >= 11 is 0. The van der Waals surface area contributed by atoms with E-state index in [0.29, 0.717) is 6.54 Å². The molecule has 2 nitrogen and oxygen atoms in total. The summed E-state index contributed by atoms with van der Waals surface area (Å²) in [6, 6.07) is 0. The molecular weight excluding hydrogens is 62.8 g/mol. The van der Waals surface area contributed by atoms with Gasteiger partial charge in [0.2, 0.25) is 0 Å². The first-order chi connectivity index (χ1) is 2.27. The molecule has 0 aromatic heterocycles. The van der Waals surface area contributed by atoms with E-state index in [1.54, 1.807) is 0 Å². The van der Waals surface area contributed by atoms with Crippen molar-refractivity contribution < 1.29 is 0 Å². The van der Waals surface area contributed by atoms with Crippen molar-refractivity contribution in [1.82, 2.24) is 0 Å². The van der Waals surface area contributed by atoms with Crippen molar-refractivity contribution in [3.05, 3.63) is 0 Å². The van der Waals surface area contributed by atoms with E-state index in [2.05, 4.69) is 0 Å². The third-order valence-electron chi connectivity index (χ3n) is 0.272. The Bertz CT molecular complexity index is 21.6. The highest BCUT2D eigenvalue weighted by molar-refractivity contribution is 6.11. The third-order valence-corrected chi connectivity index (χ3v) is 0.272. The first kappa shape index (κ1) is 4.98. The summed E-state index contributed by atoms with van der Waals surface area (Å²) in [5, 5.41) is 0. The lowest BCUT2D eigenvalue weighted by Crippen LogP contribution is -2.29. The Morgan fingerprint density at radius 1 is 1.80 bits per heavy atom. The van der Waals surface area contributed by atoms with Crippen molar-refractivity contribution in [3.8, 4) is 0 Å². The summed E-state index contributed by atoms with van der Waals surface area (Å²) in [7, 11) is 4.94. The molecular formula is C2H7BN2. The lowest BCUT2D eigenvalue weighted by Gasteiger charge is -1.92. The van der Waals surface area contributed by atoms with Gasteiger partial charge in [0.1, 0.15) is 0 Å². The molecule has 1 atom stereocenters. The summed E-state index contributed by atoms with van der Waals surface area (Å²) in [5.74, 6) is -0.338. The van der Waals surface area contributed by atoms with E-state index >= 15 is 0 Å². The molecule has 2 radical (unpaired) electrons. The molecule has 0 aromatic rings. The van der Waals surface area contributed by atoms with Crippen molar-refractivity contribution in [2.45, 2.75) is 5.94 Å². The van der Waals surface area contributed by atoms with Gasteiger partial charge in [-0.2, -0.15) is 0 Å². The molecule has 0 aliphatic carbocycles. The minimum absolute atomic E-state index is 0.338. The predicted octanol–water partition coefficient (Wildman–Crippen LogP) is -1.60. The fourth-order valence-electron chi connectivity index (χ4n) is 0. The number of hydrogen-bond acceptors (Lipinski definition) is 2. The van der Waals surface area contributed by atoms with Gasteiger partial charge in [-0.3, -0.25) is 0 Å². The molecule has 0 spiro atoms. The molecule has 0 aliphatic rings. The van der Waals surface area contributed by atoms with Crippen LogP contribution >= 0.6 is 0 Å². The predicted molar refractivity (Wildman–Crippen MR) is 22.8 cm³/mol. The minimum Gasteiger partial charge on any atom is -0.335 e. The van der Waals surface area contributed by atoms with Gasteiger partial charge >= 0.3 is 0 Å². The Hall–Kier alpha value is -0.0151. The Labute approximate surface area is 32.9 Å². The Kier molecular flexibility index (Phi) is 2.23. The summed E-state index contributed by atoms with van der Waals surface area (Å²) < 4.78 is 0. The van der Waals surface area contributed by atoms with Crippen LogP contribution in [-0.2, 0) is 0 Å². The number of rotatable bonds is 1.